The van der Waals surface area contributed by atoms with E-state index in [-0.39, 0.29) is 5.91 Å². The van der Waals surface area contributed by atoms with Crippen LogP contribution in [0.15, 0.2) is 28.8 Å². The fourth-order valence-electron chi connectivity index (χ4n) is 3.47. The molecule has 132 valence electrons. The van der Waals surface area contributed by atoms with Gasteiger partial charge in [-0.15, -0.1) is 0 Å². The van der Waals surface area contributed by atoms with Crippen molar-refractivity contribution in [3.05, 3.63) is 36.0 Å². The summed E-state index contributed by atoms with van der Waals surface area (Å²) in [5, 5.41) is 3.85. The Morgan fingerprint density at radius 2 is 2.04 bits per heavy atom. The molecule has 0 aliphatic carbocycles. The highest BCUT2D eigenvalue weighted by atomic mass is 16.5. The van der Waals surface area contributed by atoms with Crippen molar-refractivity contribution in [3.8, 4) is 5.75 Å². The molecule has 7 heteroatoms. The fraction of sp³-hybridized carbons (Fsp3) is 0.500. The molecule has 3 heterocycles. The number of aromatic nitrogens is 2. The predicted molar refractivity (Wildman–Crippen MR) is 91.4 cm³/mol. The summed E-state index contributed by atoms with van der Waals surface area (Å²) in [6.07, 6.45) is 2.83. The van der Waals surface area contributed by atoms with Crippen molar-refractivity contribution >= 4 is 11.6 Å². The molecule has 2 aliphatic heterocycles. The molecule has 1 unspecified atom stereocenters. The minimum Gasteiger partial charge on any atom is -0.477 e. The summed E-state index contributed by atoms with van der Waals surface area (Å²) in [4.78, 5) is 21.2. The van der Waals surface area contributed by atoms with Gasteiger partial charge in [0.15, 0.2) is 11.9 Å². The first-order chi connectivity index (χ1) is 12.2. The Hall–Kier alpha value is -2.57. The molecule has 1 atom stereocenters. The van der Waals surface area contributed by atoms with Crippen molar-refractivity contribution in [3.63, 3.8) is 0 Å². The molecule has 0 saturated carbocycles. The van der Waals surface area contributed by atoms with Crippen LogP contribution in [-0.4, -0.2) is 46.7 Å². The zero-order valence-corrected chi connectivity index (χ0v) is 14.4. The number of nitrogens with zero attached hydrogens (tertiary/aromatic N) is 4. The molecule has 0 radical (unpaired) electrons. The Morgan fingerprint density at radius 3 is 2.80 bits per heavy atom. The van der Waals surface area contributed by atoms with Crippen LogP contribution in [0.25, 0.3) is 0 Å². The lowest BCUT2D eigenvalue weighted by atomic mass is 10.1. The van der Waals surface area contributed by atoms with E-state index in [1.165, 1.54) is 6.42 Å². The Balaban J connectivity index is 1.56. The van der Waals surface area contributed by atoms with E-state index in [4.69, 9.17) is 9.26 Å². The number of carbonyl (C=O) groups is 1. The molecule has 7 nitrogen and oxygen atoms in total. The van der Waals surface area contributed by atoms with E-state index >= 15 is 0 Å². The summed E-state index contributed by atoms with van der Waals surface area (Å²) in [5.41, 5.74) is 0.945. The van der Waals surface area contributed by atoms with Crippen LogP contribution in [0.4, 0.5) is 5.69 Å². The molecule has 2 aromatic rings. The molecule has 0 spiro atoms. The number of hydrogen-bond donors (Lipinski definition) is 0. The van der Waals surface area contributed by atoms with E-state index in [0.29, 0.717) is 24.8 Å². The van der Waals surface area contributed by atoms with Crippen LogP contribution in [0.2, 0.25) is 0 Å². The van der Waals surface area contributed by atoms with Gasteiger partial charge in [-0.2, -0.15) is 4.98 Å². The maximum atomic E-state index is 12.9. The number of fused-ring (bicyclic) bond motifs is 1. The molecule has 1 saturated heterocycles. The second-order valence-corrected chi connectivity index (χ2v) is 6.58. The van der Waals surface area contributed by atoms with Crippen LogP contribution in [0.1, 0.15) is 31.0 Å². The van der Waals surface area contributed by atoms with Gasteiger partial charge in [0.2, 0.25) is 5.89 Å². The number of benzene rings is 1. The first-order valence-electron chi connectivity index (χ1n) is 8.79. The number of carbonyl (C=O) groups excluding carboxylic acids is 1. The maximum Gasteiger partial charge on any atom is 0.265 e. The standard InChI is InChI=1S/C18H22N4O3/c1-13-19-17(25-20-13)12-22-11-16(18(23)21-9-5-2-6-10-21)24-15-8-4-3-7-14(15)22/h3-4,7-8,16H,2,5-6,9-12H2,1H3. The third kappa shape index (κ3) is 3.31. The quantitative estimate of drug-likeness (QED) is 0.851. The van der Waals surface area contributed by atoms with Gasteiger partial charge < -0.3 is 19.1 Å². The molecule has 1 fully saturated rings. The van der Waals surface area contributed by atoms with Crippen LogP contribution in [0.3, 0.4) is 0 Å². The lowest BCUT2D eigenvalue weighted by molar-refractivity contribution is -0.139. The maximum absolute atomic E-state index is 12.9. The SMILES string of the molecule is Cc1noc(CN2CC(C(=O)N3CCCCC3)Oc3ccccc32)n1. The van der Waals surface area contributed by atoms with Gasteiger partial charge in [-0.1, -0.05) is 17.3 Å². The molecule has 1 aromatic carbocycles. The van der Waals surface area contributed by atoms with E-state index < -0.39 is 6.10 Å². The van der Waals surface area contributed by atoms with Crippen LogP contribution >= 0.6 is 0 Å². The monoisotopic (exact) mass is 342 g/mol. The summed E-state index contributed by atoms with van der Waals surface area (Å²) in [6.45, 7) is 4.38. The number of rotatable bonds is 3. The number of ether oxygens (including phenoxy) is 1. The van der Waals surface area contributed by atoms with Crippen molar-refractivity contribution in [2.24, 2.45) is 0 Å². The molecule has 1 aromatic heterocycles. The Morgan fingerprint density at radius 1 is 1.24 bits per heavy atom. The lowest BCUT2D eigenvalue weighted by Crippen LogP contribution is -2.51. The van der Waals surface area contributed by atoms with Gasteiger partial charge in [0.25, 0.3) is 5.91 Å². The number of likely N-dealkylation sites (tertiary alicyclic amines) is 1. The van der Waals surface area contributed by atoms with E-state index in [1.807, 2.05) is 29.2 Å². The predicted octanol–water partition coefficient (Wildman–Crippen LogP) is 2.16. The number of aryl methyl sites for hydroxylation is 1. The molecule has 2 aliphatic rings. The molecule has 4 rings (SSSR count). The number of amides is 1. The summed E-state index contributed by atoms with van der Waals surface area (Å²) in [7, 11) is 0. The highest BCUT2D eigenvalue weighted by Crippen LogP contribution is 2.34. The number of anilines is 1. The minimum absolute atomic E-state index is 0.0703. The Bertz CT molecular complexity index is 754. The highest BCUT2D eigenvalue weighted by Gasteiger charge is 2.34. The molecule has 1 amide bonds. The van der Waals surface area contributed by atoms with Crippen molar-refractivity contribution in [2.75, 3.05) is 24.5 Å². The minimum atomic E-state index is -0.503. The summed E-state index contributed by atoms with van der Waals surface area (Å²) in [5.74, 6) is 1.94. The van der Waals surface area contributed by atoms with Gasteiger partial charge in [0.1, 0.15) is 5.75 Å². The molecular weight excluding hydrogens is 320 g/mol. The van der Waals surface area contributed by atoms with E-state index in [2.05, 4.69) is 15.0 Å². The van der Waals surface area contributed by atoms with Gasteiger partial charge in [0.05, 0.1) is 18.8 Å². The number of para-hydroxylation sites is 2. The van der Waals surface area contributed by atoms with E-state index in [0.717, 1.165) is 37.4 Å². The van der Waals surface area contributed by atoms with Crippen LogP contribution in [0.5, 0.6) is 5.75 Å². The third-order valence-electron chi connectivity index (χ3n) is 4.70. The Labute approximate surface area is 146 Å². The van der Waals surface area contributed by atoms with Gasteiger partial charge in [-0.3, -0.25) is 4.79 Å². The van der Waals surface area contributed by atoms with Crippen molar-refractivity contribution in [2.45, 2.75) is 38.8 Å². The highest BCUT2D eigenvalue weighted by molar-refractivity contribution is 5.83. The topological polar surface area (TPSA) is 71.7 Å². The van der Waals surface area contributed by atoms with Crippen molar-refractivity contribution in [1.29, 1.82) is 0 Å². The largest absolute Gasteiger partial charge is 0.477 e. The summed E-state index contributed by atoms with van der Waals surface area (Å²) in [6, 6.07) is 7.76. The smallest absolute Gasteiger partial charge is 0.265 e. The van der Waals surface area contributed by atoms with Gasteiger partial charge in [0, 0.05) is 13.1 Å². The number of piperidine rings is 1. The fourth-order valence-corrected chi connectivity index (χ4v) is 3.47. The van der Waals surface area contributed by atoms with Gasteiger partial charge in [-0.05, 0) is 38.3 Å². The second-order valence-electron chi connectivity index (χ2n) is 6.58. The normalized spacial score (nSPS) is 20.1. The van der Waals surface area contributed by atoms with Crippen molar-refractivity contribution < 1.29 is 14.1 Å². The first kappa shape index (κ1) is 15.9. The molecule has 0 N–H and O–H groups in total. The average molecular weight is 342 g/mol. The Kier molecular flexibility index (Phi) is 4.29. The lowest BCUT2D eigenvalue weighted by Gasteiger charge is -2.37. The van der Waals surface area contributed by atoms with E-state index in [9.17, 15) is 4.79 Å². The zero-order valence-electron chi connectivity index (χ0n) is 14.4. The van der Waals surface area contributed by atoms with Gasteiger partial charge in [-0.25, -0.2) is 0 Å². The van der Waals surface area contributed by atoms with Crippen molar-refractivity contribution in [1.82, 2.24) is 15.0 Å². The zero-order chi connectivity index (χ0) is 17.2. The summed E-state index contributed by atoms with van der Waals surface area (Å²) < 4.78 is 11.3. The summed E-state index contributed by atoms with van der Waals surface area (Å²) >= 11 is 0. The van der Waals surface area contributed by atoms with E-state index in [1.54, 1.807) is 6.92 Å². The first-order valence-corrected chi connectivity index (χ1v) is 8.79. The molecule has 25 heavy (non-hydrogen) atoms. The number of hydrogen-bond acceptors (Lipinski definition) is 6. The average Bonchev–Trinajstić information content (AvgIpc) is 3.06. The molecular formula is C18H22N4O3. The van der Waals surface area contributed by atoms with Crippen LogP contribution < -0.4 is 9.64 Å². The van der Waals surface area contributed by atoms with Gasteiger partial charge >= 0.3 is 0 Å². The van der Waals surface area contributed by atoms with Crippen LogP contribution in [-0.2, 0) is 11.3 Å². The molecule has 0 bridgehead atoms. The van der Waals surface area contributed by atoms with Crippen LogP contribution in [0, 0.1) is 6.92 Å². The second kappa shape index (κ2) is 6.74. The third-order valence-corrected chi connectivity index (χ3v) is 4.70.